The van der Waals surface area contributed by atoms with Crippen molar-refractivity contribution < 1.29 is 19.1 Å². The fourth-order valence-electron chi connectivity index (χ4n) is 3.19. The molecule has 1 aliphatic rings. The van der Waals surface area contributed by atoms with Crippen LogP contribution in [0.2, 0.25) is 0 Å². The van der Waals surface area contributed by atoms with E-state index in [0.717, 1.165) is 11.3 Å². The van der Waals surface area contributed by atoms with Crippen molar-refractivity contribution in [2.75, 3.05) is 13.7 Å². The normalized spacial score (nSPS) is 12.9. The number of hydrogen-bond donors (Lipinski definition) is 0. The summed E-state index contributed by atoms with van der Waals surface area (Å²) in [5.74, 6) is 0.568. The average molecular weight is 366 g/mol. The SMILES string of the molecule is CCOC(=O)N1Cc2c(OC)nc3nc(C(=O)c4ccccc4)cn3c2C1. The number of hydrogen-bond acceptors (Lipinski definition) is 6. The highest BCUT2D eigenvalue weighted by atomic mass is 16.6. The van der Waals surface area contributed by atoms with Gasteiger partial charge in [-0.2, -0.15) is 4.98 Å². The van der Waals surface area contributed by atoms with Crippen molar-refractivity contribution in [1.29, 1.82) is 0 Å². The predicted octanol–water partition coefficient (Wildman–Crippen LogP) is 2.44. The summed E-state index contributed by atoms with van der Waals surface area (Å²) in [4.78, 5) is 35.2. The van der Waals surface area contributed by atoms with E-state index in [0.29, 0.717) is 42.6 Å². The number of imidazole rings is 1. The van der Waals surface area contributed by atoms with Crippen molar-refractivity contribution in [3.8, 4) is 5.88 Å². The number of carbonyl (C=O) groups is 2. The molecule has 4 rings (SSSR count). The fourth-order valence-corrected chi connectivity index (χ4v) is 3.19. The van der Waals surface area contributed by atoms with E-state index < -0.39 is 6.09 Å². The molecule has 2 aromatic heterocycles. The molecule has 3 aromatic rings. The first kappa shape index (κ1) is 17.0. The molecular weight excluding hydrogens is 348 g/mol. The molecule has 8 heteroatoms. The molecule has 1 amide bonds. The van der Waals surface area contributed by atoms with Gasteiger partial charge in [0.1, 0.15) is 5.69 Å². The van der Waals surface area contributed by atoms with Crippen LogP contribution in [0.5, 0.6) is 5.88 Å². The standard InChI is InChI=1S/C19H18N4O4/c1-3-27-19(25)22-9-13-15(11-22)23-10-14(20-18(23)21-17(13)26-2)16(24)12-7-5-4-6-8-12/h4-8,10H,3,9,11H2,1-2H3. The maximum atomic E-state index is 12.7. The maximum Gasteiger partial charge on any atom is 0.410 e. The first-order valence-electron chi connectivity index (χ1n) is 8.58. The molecule has 27 heavy (non-hydrogen) atoms. The quantitative estimate of drug-likeness (QED) is 0.659. The van der Waals surface area contributed by atoms with E-state index in [-0.39, 0.29) is 5.78 Å². The zero-order valence-electron chi connectivity index (χ0n) is 15.0. The van der Waals surface area contributed by atoms with E-state index in [1.54, 1.807) is 46.7 Å². The van der Waals surface area contributed by atoms with Gasteiger partial charge in [0.2, 0.25) is 17.4 Å². The minimum Gasteiger partial charge on any atom is -0.481 e. The highest BCUT2D eigenvalue weighted by Gasteiger charge is 2.31. The van der Waals surface area contributed by atoms with Gasteiger partial charge < -0.3 is 9.47 Å². The summed E-state index contributed by atoms with van der Waals surface area (Å²) in [6.45, 7) is 2.73. The topological polar surface area (TPSA) is 86.0 Å². The lowest BCUT2D eigenvalue weighted by Crippen LogP contribution is -2.26. The van der Waals surface area contributed by atoms with Crippen molar-refractivity contribution in [1.82, 2.24) is 19.3 Å². The molecule has 0 atom stereocenters. The summed E-state index contributed by atoms with van der Waals surface area (Å²) in [5.41, 5.74) is 2.44. The van der Waals surface area contributed by atoms with Gasteiger partial charge in [-0.3, -0.25) is 14.1 Å². The smallest absolute Gasteiger partial charge is 0.410 e. The van der Waals surface area contributed by atoms with Gasteiger partial charge in [-0.05, 0) is 6.92 Å². The highest BCUT2D eigenvalue weighted by molar-refractivity contribution is 6.07. The van der Waals surface area contributed by atoms with Crippen LogP contribution in [0.3, 0.4) is 0 Å². The van der Waals surface area contributed by atoms with E-state index in [1.807, 2.05) is 6.07 Å². The Morgan fingerprint density at radius 2 is 1.93 bits per heavy atom. The number of aromatic nitrogens is 3. The third-order valence-electron chi connectivity index (χ3n) is 4.46. The summed E-state index contributed by atoms with van der Waals surface area (Å²) >= 11 is 0. The number of fused-ring (bicyclic) bond motifs is 3. The number of benzene rings is 1. The lowest BCUT2D eigenvalue weighted by atomic mass is 10.1. The molecular formula is C19H18N4O4. The average Bonchev–Trinajstić information content (AvgIpc) is 3.31. The molecule has 0 bridgehead atoms. The van der Waals surface area contributed by atoms with Crippen LogP contribution in [-0.2, 0) is 17.8 Å². The fraction of sp³-hybridized carbons (Fsp3) is 0.263. The van der Waals surface area contributed by atoms with Gasteiger partial charge >= 0.3 is 6.09 Å². The van der Waals surface area contributed by atoms with Crippen molar-refractivity contribution in [2.45, 2.75) is 20.0 Å². The van der Waals surface area contributed by atoms with Gasteiger partial charge in [-0.1, -0.05) is 30.3 Å². The van der Waals surface area contributed by atoms with Crippen LogP contribution in [0.1, 0.15) is 34.2 Å². The summed E-state index contributed by atoms with van der Waals surface area (Å²) in [5, 5.41) is 0. The van der Waals surface area contributed by atoms with Crippen LogP contribution in [0.15, 0.2) is 36.5 Å². The maximum absolute atomic E-state index is 12.7. The van der Waals surface area contributed by atoms with Crippen LogP contribution >= 0.6 is 0 Å². The second-order valence-corrected chi connectivity index (χ2v) is 6.09. The van der Waals surface area contributed by atoms with Gasteiger partial charge in [-0.25, -0.2) is 9.78 Å². The summed E-state index contributed by atoms with van der Waals surface area (Å²) in [6, 6.07) is 8.95. The largest absolute Gasteiger partial charge is 0.481 e. The Kier molecular flexibility index (Phi) is 4.23. The number of methoxy groups -OCH3 is 1. The zero-order valence-corrected chi connectivity index (χ0v) is 15.0. The Morgan fingerprint density at radius 3 is 2.63 bits per heavy atom. The molecule has 0 spiro atoms. The Morgan fingerprint density at radius 1 is 1.15 bits per heavy atom. The molecule has 1 aliphatic heterocycles. The molecule has 8 nitrogen and oxygen atoms in total. The van der Waals surface area contributed by atoms with Crippen molar-refractivity contribution >= 4 is 17.7 Å². The van der Waals surface area contributed by atoms with Gasteiger partial charge in [0.15, 0.2) is 0 Å². The number of ketones is 1. The van der Waals surface area contributed by atoms with Crippen molar-refractivity contribution in [2.24, 2.45) is 0 Å². The van der Waals surface area contributed by atoms with Crippen LogP contribution in [0.4, 0.5) is 4.79 Å². The minimum absolute atomic E-state index is 0.186. The molecule has 3 heterocycles. The highest BCUT2D eigenvalue weighted by Crippen LogP contribution is 2.31. The van der Waals surface area contributed by atoms with Crippen LogP contribution in [-0.4, -0.2) is 44.9 Å². The molecule has 0 saturated carbocycles. The van der Waals surface area contributed by atoms with Crippen molar-refractivity contribution in [3.05, 3.63) is 59.0 Å². The Balaban J connectivity index is 1.76. The lowest BCUT2D eigenvalue weighted by Gasteiger charge is -2.13. The second-order valence-electron chi connectivity index (χ2n) is 6.09. The summed E-state index contributed by atoms with van der Waals surface area (Å²) < 4.78 is 12.2. The molecule has 0 saturated heterocycles. The third-order valence-corrected chi connectivity index (χ3v) is 4.46. The monoisotopic (exact) mass is 366 g/mol. The molecule has 0 N–H and O–H groups in total. The Labute approximate surface area is 155 Å². The molecule has 0 fully saturated rings. The predicted molar refractivity (Wildman–Crippen MR) is 95.7 cm³/mol. The summed E-state index contributed by atoms with van der Waals surface area (Å²) in [6.07, 6.45) is 1.26. The number of rotatable bonds is 4. The van der Waals surface area contributed by atoms with Gasteiger partial charge in [0.05, 0.1) is 38.1 Å². The van der Waals surface area contributed by atoms with E-state index in [9.17, 15) is 9.59 Å². The zero-order chi connectivity index (χ0) is 19.0. The van der Waals surface area contributed by atoms with Crippen LogP contribution < -0.4 is 4.74 Å². The van der Waals surface area contributed by atoms with E-state index in [4.69, 9.17) is 9.47 Å². The summed E-state index contributed by atoms with van der Waals surface area (Å²) in [7, 11) is 1.52. The van der Waals surface area contributed by atoms with Gasteiger partial charge in [-0.15, -0.1) is 0 Å². The van der Waals surface area contributed by atoms with Crippen molar-refractivity contribution in [3.63, 3.8) is 0 Å². The minimum atomic E-state index is -0.399. The third kappa shape index (κ3) is 2.88. The van der Waals surface area contributed by atoms with E-state index in [1.165, 1.54) is 7.11 Å². The van der Waals surface area contributed by atoms with Gasteiger partial charge in [0, 0.05) is 11.8 Å². The molecule has 0 radical (unpaired) electrons. The Bertz CT molecular complexity index is 1030. The van der Waals surface area contributed by atoms with Gasteiger partial charge in [0.25, 0.3) is 0 Å². The number of ether oxygens (including phenoxy) is 2. The van der Waals surface area contributed by atoms with E-state index in [2.05, 4.69) is 9.97 Å². The van der Waals surface area contributed by atoms with Crippen LogP contribution in [0.25, 0.3) is 5.78 Å². The molecule has 0 aliphatic carbocycles. The van der Waals surface area contributed by atoms with Crippen LogP contribution in [0, 0.1) is 0 Å². The number of amides is 1. The number of carbonyl (C=O) groups excluding carboxylic acids is 2. The Hall–Kier alpha value is -3.42. The first-order valence-corrected chi connectivity index (χ1v) is 8.58. The van der Waals surface area contributed by atoms with E-state index >= 15 is 0 Å². The molecule has 1 aromatic carbocycles. The number of nitrogens with zero attached hydrogens (tertiary/aromatic N) is 4. The second kappa shape index (κ2) is 6.71. The lowest BCUT2D eigenvalue weighted by molar-refractivity contribution is 0.103. The molecule has 138 valence electrons. The first-order chi connectivity index (χ1) is 13.1. The molecule has 0 unspecified atom stereocenters.